The third-order valence-corrected chi connectivity index (χ3v) is 22.4. The summed E-state index contributed by atoms with van der Waals surface area (Å²) in [5.74, 6) is 0.139. The molecule has 1 aromatic carbocycles. The number of ether oxygens (including phenoxy) is 10. The Labute approximate surface area is 460 Å². The number of epoxide rings is 1. The zero-order valence-corrected chi connectivity index (χ0v) is 47.5. The molecule has 4 saturated heterocycles. The quantitative estimate of drug-likeness (QED) is 0.0901. The van der Waals surface area contributed by atoms with E-state index >= 15 is 0 Å². The number of esters is 1. The maximum atomic E-state index is 13.8. The number of carbonyl (C=O) groups is 1. The summed E-state index contributed by atoms with van der Waals surface area (Å²) in [6, 6.07) is 2.87. The lowest BCUT2D eigenvalue weighted by Crippen LogP contribution is -2.64. The van der Waals surface area contributed by atoms with Crippen LogP contribution in [0.2, 0.25) is 0 Å². The molecule has 20 heteroatoms. The minimum Gasteiger partial charge on any atom is -0.495 e. The summed E-state index contributed by atoms with van der Waals surface area (Å²) in [5, 5.41) is 75.6. The van der Waals surface area contributed by atoms with Crippen molar-refractivity contribution in [3.8, 4) is 11.5 Å². The number of benzene rings is 1. The fraction of sp³-hybridized carbons (Fsp3) is 0.831. The first-order chi connectivity index (χ1) is 37.0. The van der Waals surface area contributed by atoms with Gasteiger partial charge in [0, 0.05) is 42.9 Å². The number of fused-ring (bicyclic) bond motifs is 6. The van der Waals surface area contributed by atoms with E-state index in [9.17, 15) is 45.3 Å². The summed E-state index contributed by atoms with van der Waals surface area (Å²) in [6.45, 7) is 18.9. The molecule has 2 aromatic rings. The number of hydrogen-bond donors (Lipinski definition) is 7. The van der Waals surface area contributed by atoms with Crippen LogP contribution in [-0.4, -0.2) is 165 Å². The Morgan fingerprint density at radius 1 is 0.873 bits per heavy atom. The van der Waals surface area contributed by atoms with Crippen LogP contribution in [-0.2, 0) is 55.7 Å². The average molecular weight is 1110 g/mol. The summed E-state index contributed by atoms with van der Waals surface area (Å²) in [4.78, 5) is 27.0. The minimum atomic E-state index is -1.59. The SMILES string of the molecule is COc1c2c(cc3oc(CO[C@@H]4O[C@H](CO)[C@@H](O)[C@H](O)[C@H]4OC(C)(C)[C@@H]4O[C@]45C[C@@H](C)[C@H]4[C@H](C[C@@]6(C)[C@@H]7CC[C@H]8C(C)(C)[C@@H](O[C@@H]9OC[C@@H](O)[C@H](O)[C@H]9O)CC[C@@]89C[C@@]79C[C@@H](OC(C)=O)[C@]46C)O5)cc(=O)c13)O[C@H](C(C)(C)O)C2. The van der Waals surface area contributed by atoms with E-state index in [4.69, 9.17) is 51.8 Å². The molecule has 5 aliphatic heterocycles. The number of hydrogen-bond acceptors (Lipinski definition) is 20. The Balaban J connectivity index is 0.770. The van der Waals surface area contributed by atoms with Crippen LogP contribution in [0.1, 0.15) is 132 Å². The van der Waals surface area contributed by atoms with Gasteiger partial charge in [-0.05, 0) is 118 Å². The van der Waals surface area contributed by atoms with Crippen LogP contribution < -0.4 is 14.9 Å². The molecule has 5 aliphatic carbocycles. The topological polar surface area (TPSA) is 284 Å². The molecule has 23 atom stereocenters. The summed E-state index contributed by atoms with van der Waals surface area (Å²) >= 11 is 0. The molecule has 5 saturated carbocycles. The highest BCUT2D eigenvalue weighted by atomic mass is 16.8. The van der Waals surface area contributed by atoms with Crippen molar-refractivity contribution in [2.45, 2.75) is 236 Å². The molecule has 0 radical (unpaired) electrons. The Kier molecular flexibility index (Phi) is 13.4. The number of methoxy groups -OCH3 is 1. The molecule has 6 heterocycles. The molecule has 0 unspecified atom stereocenters. The highest BCUT2D eigenvalue weighted by molar-refractivity contribution is 5.87. The number of rotatable bonds is 12. The van der Waals surface area contributed by atoms with Crippen molar-refractivity contribution in [1.82, 2.24) is 0 Å². The van der Waals surface area contributed by atoms with E-state index in [-0.39, 0.29) is 93.6 Å². The van der Waals surface area contributed by atoms with Gasteiger partial charge in [0.25, 0.3) is 0 Å². The van der Waals surface area contributed by atoms with Gasteiger partial charge in [-0.25, -0.2) is 0 Å². The van der Waals surface area contributed by atoms with Gasteiger partial charge in [-0.2, -0.15) is 0 Å². The molecule has 9 fully saturated rings. The Hall–Kier alpha value is -3.06. The van der Waals surface area contributed by atoms with E-state index in [1.807, 2.05) is 13.8 Å². The molecular weight excluding hydrogens is 1030 g/mol. The summed E-state index contributed by atoms with van der Waals surface area (Å²) in [5.41, 5.74) is -3.08. The first-order valence-corrected chi connectivity index (χ1v) is 28.8. The van der Waals surface area contributed by atoms with Crippen LogP contribution in [0.5, 0.6) is 11.5 Å². The third kappa shape index (κ3) is 8.24. The van der Waals surface area contributed by atoms with Crippen molar-refractivity contribution >= 4 is 16.9 Å². The van der Waals surface area contributed by atoms with E-state index in [2.05, 4.69) is 34.6 Å². The highest BCUT2D eigenvalue weighted by Gasteiger charge is 2.86. The molecule has 7 N–H and O–H groups in total. The van der Waals surface area contributed by atoms with E-state index < -0.39 is 102 Å². The van der Waals surface area contributed by atoms with Gasteiger partial charge >= 0.3 is 5.97 Å². The minimum absolute atomic E-state index is 0.00673. The average Bonchev–Trinajstić information content (AvgIpc) is 1.60. The van der Waals surface area contributed by atoms with E-state index in [1.54, 1.807) is 19.9 Å². The van der Waals surface area contributed by atoms with Crippen molar-refractivity contribution in [3.05, 3.63) is 33.7 Å². The number of carbonyl (C=O) groups excluding carboxylic acids is 1. The zero-order valence-electron chi connectivity index (χ0n) is 47.5. The summed E-state index contributed by atoms with van der Waals surface area (Å²) < 4.78 is 70.1. The molecule has 1 aromatic heterocycles. The first kappa shape index (κ1) is 56.4. The Morgan fingerprint density at radius 2 is 1.61 bits per heavy atom. The lowest BCUT2D eigenvalue weighted by atomic mass is 9.41. The molecular formula is C59H84O20. The van der Waals surface area contributed by atoms with Gasteiger partial charge in [0.1, 0.15) is 95.9 Å². The number of aliphatic hydroxyl groups is 7. The van der Waals surface area contributed by atoms with Crippen LogP contribution >= 0.6 is 0 Å². The summed E-state index contributed by atoms with van der Waals surface area (Å²) in [6.07, 6.45) is -7.12. The molecule has 10 aliphatic rings. The van der Waals surface area contributed by atoms with Gasteiger partial charge in [0.05, 0.1) is 43.7 Å². The van der Waals surface area contributed by atoms with Crippen LogP contribution in [0.15, 0.2) is 21.3 Å². The van der Waals surface area contributed by atoms with Gasteiger partial charge < -0.3 is 87.5 Å². The molecule has 79 heavy (non-hydrogen) atoms. The molecule has 0 bridgehead atoms. The largest absolute Gasteiger partial charge is 0.495 e. The van der Waals surface area contributed by atoms with Gasteiger partial charge in [-0.3, -0.25) is 9.59 Å². The van der Waals surface area contributed by atoms with Crippen molar-refractivity contribution in [1.29, 1.82) is 0 Å². The van der Waals surface area contributed by atoms with Crippen LogP contribution in [0.3, 0.4) is 0 Å². The predicted octanol–water partition coefficient (Wildman–Crippen LogP) is 3.93. The normalized spacial score (nSPS) is 47.5. The van der Waals surface area contributed by atoms with Crippen LogP contribution in [0, 0.1) is 50.7 Å². The fourth-order valence-electron chi connectivity index (χ4n) is 18.8. The highest BCUT2D eigenvalue weighted by Crippen LogP contribution is 2.90. The molecule has 20 nitrogen and oxygen atoms in total. The molecule has 0 amide bonds. The van der Waals surface area contributed by atoms with Crippen molar-refractivity contribution in [2.24, 2.45) is 50.7 Å². The second kappa shape index (κ2) is 18.7. The maximum absolute atomic E-state index is 13.8. The van der Waals surface area contributed by atoms with Gasteiger partial charge in [0.2, 0.25) is 0 Å². The fourth-order valence-corrected chi connectivity index (χ4v) is 18.8. The lowest BCUT2D eigenvalue weighted by molar-refractivity contribution is -0.328. The zero-order chi connectivity index (χ0) is 56.7. The Morgan fingerprint density at radius 3 is 2.30 bits per heavy atom. The lowest BCUT2D eigenvalue weighted by Gasteiger charge is -2.65. The summed E-state index contributed by atoms with van der Waals surface area (Å²) in [7, 11) is 1.45. The maximum Gasteiger partial charge on any atom is 0.302 e. The first-order valence-electron chi connectivity index (χ1n) is 28.8. The predicted molar refractivity (Wildman–Crippen MR) is 277 cm³/mol. The van der Waals surface area contributed by atoms with Crippen molar-refractivity contribution in [3.63, 3.8) is 0 Å². The Bertz CT molecular complexity index is 2780. The van der Waals surface area contributed by atoms with Gasteiger partial charge in [-0.15, -0.1) is 0 Å². The smallest absolute Gasteiger partial charge is 0.302 e. The van der Waals surface area contributed by atoms with E-state index in [0.29, 0.717) is 35.8 Å². The third-order valence-electron chi connectivity index (χ3n) is 22.4. The number of aliphatic hydroxyl groups excluding tert-OH is 6. The van der Waals surface area contributed by atoms with Gasteiger partial charge in [0.15, 0.2) is 23.8 Å². The van der Waals surface area contributed by atoms with Gasteiger partial charge in [-0.1, -0.05) is 34.6 Å². The van der Waals surface area contributed by atoms with E-state index in [0.717, 1.165) is 44.9 Å². The second-order valence-corrected chi connectivity index (χ2v) is 27.8. The van der Waals surface area contributed by atoms with Crippen molar-refractivity contribution in [2.75, 3.05) is 20.3 Å². The van der Waals surface area contributed by atoms with Crippen LogP contribution in [0.25, 0.3) is 11.0 Å². The van der Waals surface area contributed by atoms with Crippen LogP contribution in [0.4, 0.5) is 0 Å². The monoisotopic (exact) mass is 1110 g/mol. The van der Waals surface area contributed by atoms with E-state index in [1.165, 1.54) is 20.1 Å². The molecule has 3 spiro atoms. The molecule has 12 rings (SSSR count). The van der Waals surface area contributed by atoms with Crippen molar-refractivity contribution < 1.29 is 92.3 Å². The second-order valence-electron chi connectivity index (χ2n) is 27.8. The standard InChI is InChI=1S/C59H84O20/c1-26-19-59(51(79-59)54(7,8)78-48-45(66)44(65)35(22-60)75-50(48)70-23-28-16-30(62)41-33(73-28)18-32-29(47(41)69-11)17-39(74-32)53(5,6)68)77-34-20-55(9)37-13-12-36-52(3,4)38(76-49-46(67)43(64)31(63)24-71-49)14-15-57(36)25-58(37,57)21-40(72-27(2)61)56(55,10)42(26)34/h16,18,26,31,34-40,42-46,48-51,60,63-68H,12-15,17,19-25H2,1-11H3/t26-,31-,34+,35-,36+,37+,38+,39+,40-,42+,43+,44-,45+,46-,48-,49+,50-,51+,55+,56-,57-,58+,59-/m1/s1. The molecule has 440 valence electrons.